The minimum atomic E-state index is -0.560. The second kappa shape index (κ2) is 5.59. The molecule has 18 heavy (non-hydrogen) atoms. The molecule has 0 saturated carbocycles. The minimum absolute atomic E-state index is 0.280. The third-order valence-corrected chi connectivity index (χ3v) is 4.09. The van der Waals surface area contributed by atoms with Gasteiger partial charge in [0, 0.05) is 11.3 Å². The molecule has 1 heterocycles. The van der Waals surface area contributed by atoms with Crippen LogP contribution in [0.4, 0.5) is 4.39 Å². The summed E-state index contributed by atoms with van der Waals surface area (Å²) in [5.41, 5.74) is 1.81. The second-order valence-corrected chi connectivity index (χ2v) is 5.64. The van der Waals surface area contributed by atoms with Crippen molar-refractivity contribution >= 4 is 11.3 Å². The van der Waals surface area contributed by atoms with E-state index in [0.717, 1.165) is 22.7 Å². The number of hydrogen-bond acceptors (Lipinski definition) is 3. The van der Waals surface area contributed by atoms with Crippen molar-refractivity contribution in [3.63, 3.8) is 0 Å². The molecule has 2 rings (SSSR count). The topological polar surface area (TPSA) is 33.1 Å². The highest BCUT2D eigenvalue weighted by atomic mass is 32.1. The maximum atomic E-state index is 12.8. The van der Waals surface area contributed by atoms with Gasteiger partial charge < -0.3 is 5.11 Å². The van der Waals surface area contributed by atoms with E-state index in [0.29, 0.717) is 6.42 Å². The summed E-state index contributed by atoms with van der Waals surface area (Å²) >= 11 is 1.67. The first-order valence-corrected chi connectivity index (χ1v) is 6.74. The molecule has 0 bridgehead atoms. The lowest BCUT2D eigenvalue weighted by Gasteiger charge is -2.09. The summed E-state index contributed by atoms with van der Waals surface area (Å²) in [6.07, 6.45) is 0.797. The Kier molecular flexibility index (Phi) is 4.09. The third kappa shape index (κ3) is 3.15. The molecule has 0 aliphatic heterocycles. The van der Waals surface area contributed by atoms with Crippen molar-refractivity contribution in [1.82, 2.24) is 4.98 Å². The van der Waals surface area contributed by atoms with Crippen LogP contribution in [-0.2, 0) is 6.42 Å². The van der Waals surface area contributed by atoms with Crippen molar-refractivity contribution in [3.8, 4) is 0 Å². The van der Waals surface area contributed by atoms with Crippen molar-refractivity contribution in [1.29, 1.82) is 0 Å². The highest BCUT2D eigenvalue weighted by Crippen LogP contribution is 2.22. The van der Waals surface area contributed by atoms with E-state index >= 15 is 0 Å². The molecule has 0 spiro atoms. The van der Waals surface area contributed by atoms with Gasteiger partial charge in [0.15, 0.2) is 0 Å². The van der Waals surface area contributed by atoms with Crippen LogP contribution in [0.5, 0.6) is 0 Å². The van der Waals surface area contributed by atoms with E-state index in [9.17, 15) is 9.50 Å². The van der Waals surface area contributed by atoms with Gasteiger partial charge in [-0.1, -0.05) is 12.1 Å². The Bertz CT molecular complexity index is 502. The van der Waals surface area contributed by atoms with E-state index in [1.54, 1.807) is 23.5 Å². The number of aliphatic hydroxyl groups is 1. The van der Waals surface area contributed by atoms with Crippen LogP contribution in [0.1, 0.15) is 33.7 Å². The number of aromatic nitrogens is 1. The van der Waals surface area contributed by atoms with Crippen LogP contribution >= 0.6 is 11.3 Å². The van der Waals surface area contributed by atoms with E-state index in [1.165, 1.54) is 17.0 Å². The fourth-order valence-electron chi connectivity index (χ4n) is 1.76. The normalized spacial score (nSPS) is 12.7. The fourth-order valence-corrected chi connectivity index (χ4v) is 2.71. The molecular formula is C14H16FNOS. The summed E-state index contributed by atoms with van der Waals surface area (Å²) in [4.78, 5) is 5.66. The van der Waals surface area contributed by atoms with Gasteiger partial charge >= 0.3 is 0 Å². The van der Waals surface area contributed by atoms with E-state index in [1.807, 2.05) is 13.8 Å². The quantitative estimate of drug-likeness (QED) is 0.916. The number of hydrogen-bond donors (Lipinski definition) is 1. The van der Waals surface area contributed by atoms with E-state index in [4.69, 9.17) is 0 Å². The number of nitrogens with zero attached hydrogens (tertiary/aromatic N) is 1. The SMILES string of the molecule is Cc1nc(CCC(O)c2ccc(F)cc2)sc1C. The molecule has 2 aromatic rings. The first-order valence-electron chi connectivity index (χ1n) is 5.92. The Morgan fingerprint density at radius 2 is 1.94 bits per heavy atom. The summed E-state index contributed by atoms with van der Waals surface area (Å²) in [5.74, 6) is -0.280. The van der Waals surface area contributed by atoms with Crippen LogP contribution in [0, 0.1) is 19.7 Å². The lowest BCUT2D eigenvalue weighted by atomic mass is 10.1. The van der Waals surface area contributed by atoms with Crippen LogP contribution in [0.2, 0.25) is 0 Å². The molecule has 0 radical (unpaired) electrons. The average Bonchev–Trinajstić information content (AvgIpc) is 2.67. The Morgan fingerprint density at radius 1 is 1.28 bits per heavy atom. The first-order chi connectivity index (χ1) is 8.56. The number of rotatable bonds is 4. The van der Waals surface area contributed by atoms with Gasteiger partial charge in [-0.15, -0.1) is 11.3 Å². The first kappa shape index (κ1) is 13.2. The predicted molar refractivity (Wildman–Crippen MR) is 71.3 cm³/mol. The van der Waals surface area contributed by atoms with Crippen molar-refractivity contribution in [2.45, 2.75) is 32.8 Å². The smallest absolute Gasteiger partial charge is 0.123 e. The standard InChI is InChI=1S/C14H16FNOS/c1-9-10(2)18-14(16-9)8-7-13(17)11-3-5-12(15)6-4-11/h3-6,13,17H,7-8H2,1-2H3. The number of halogens is 1. The predicted octanol–water partition coefficient (Wildman–Crippen LogP) is 3.57. The van der Waals surface area contributed by atoms with Gasteiger partial charge in [0.1, 0.15) is 5.82 Å². The average molecular weight is 265 g/mol. The van der Waals surface area contributed by atoms with Crippen LogP contribution in [0.15, 0.2) is 24.3 Å². The highest BCUT2D eigenvalue weighted by Gasteiger charge is 2.10. The van der Waals surface area contributed by atoms with Crippen molar-refractivity contribution in [3.05, 3.63) is 51.2 Å². The molecule has 0 saturated heterocycles. The maximum absolute atomic E-state index is 12.8. The molecule has 1 N–H and O–H groups in total. The Hall–Kier alpha value is -1.26. The lowest BCUT2D eigenvalue weighted by Crippen LogP contribution is -1.99. The molecular weight excluding hydrogens is 249 g/mol. The summed E-state index contributed by atoms with van der Waals surface area (Å²) in [6, 6.07) is 5.99. The molecule has 1 unspecified atom stereocenters. The Labute approximate surface area is 110 Å². The van der Waals surface area contributed by atoms with Gasteiger partial charge in [-0.25, -0.2) is 9.37 Å². The molecule has 1 atom stereocenters. The van der Waals surface area contributed by atoms with Gasteiger partial charge in [-0.3, -0.25) is 0 Å². The maximum Gasteiger partial charge on any atom is 0.123 e. The third-order valence-electron chi connectivity index (χ3n) is 2.96. The molecule has 1 aromatic heterocycles. The monoisotopic (exact) mass is 265 g/mol. The zero-order chi connectivity index (χ0) is 13.1. The van der Waals surface area contributed by atoms with Gasteiger partial charge in [0.2, 0.25) is 0 Å². The molecule has 0 aliphatic carbocycles. The van der Waals surface area contributed by atoms with Gasteiger partial charge in [-0.05, 0) is 38.0 Å². The molecule has 2 nitrogen and oxygen atoms in total. The zero-order valence-corrected chi connectivity index (χ0v) is 11.3. The number of aryl methyl sites for hydroxylation is 3. The fraction of sp³-hybridized carbons (Fsp3) is 0.357. The molecule has 96 valence electrons. The largest absolute Gasteiger partial charge is 0.388 e. The van der Waals surface area contributed by atoms with E-state index in [-0.39, 0.29) is 5.82 Å². The summed E-state index contributed by atoms with van der Waals surface area (Å²) < 4.78 is 12.8. The van der Waals surface area contributed by atoms with Crippen LogP contribution < -0.4 is 0 Å². The number of benzene rings is 1. The van der Waals surface area contributed by atoms with Crippen LogP contribution in [-0.4, -0.2) is 10.1 Å². The Morgan fingerprint density at radius 3 is 2.50 bits per heavy atom. The summed E-state index contributed by atoms with van der Waals surface area (Å²) in [6.45, 7) is 4.04. The molecule has 0 fully saturated rings. The highest BCUT2D eigenvalue weighted by molar-refractivity contribution is 7.11. The Balaban J connectivity index is 1.95. The summed E-state index contributed by atoms with van der Waals surface area (Å²) in [5, 5.41) is 11.1. The van der Waals surface area contributed by atoms with Gasteiger partial charge in [0.25, 0.3) is 0 Å². The van der Waals surface area contributed by atoms with E-state index in [2.05, 4.69) is 4.98 Å². The van der Waals surface area contributed by atoms with E-state index < -0.39 is 6.10 Å². The van der Waals surface area contributed by atoms with Crippen LogP contribution in [0.3, 0.4) is 0 Å². The number of thiazole rings is 1. The van der Waals surface area contributed by atoms with Crippen molar-refractivity contribution in [2.75, 3.05) is 0 Å². The van der Waals surface area contributed by atoms with Crippen LogP contribution in [0.25, 0.3) is 0 Å². The van der Waals surface area contributed by atoms with Gasteiger partial charge in [0.05, 0.1) is 16.8 Å². The second-order valence-electron chi connectivity index (χ2n) is 4.36. The summed E-state index contributed by atoms with van der Waals surface area (Å²) in [7, 11) is 0. The zero-order valence-electron chi connectivity index (χ0n) is 10.5. The molecule has 0 aliphatic rings. The lowest BCUT2D eigenvalue weighted by molar-refractivity contribution is 0.167. The van der Waals surface area contributed by atoms with Gasteiger partial charge in [-0.2, -0.15) is 0 Å². The number of aliphatic hydroxyl groups excluding tert-OH is 1. The van der Waals surface area contributed by atoms with Crippen molar-refractivity contribution in [2.24, 2.45) is 0 Å². The van der Waals surface area contributed by atoms with Crippen molar-refractivity contribution < 1.29 is 9.50 Å². The molecule has 4 heteroatoms. The minimum Gasteiger partial charge on any atom is -0.388 e. The molecule has 1 aromatic carbocycles. The molecule has 0 amide bonds.